The summed E-state index contributed by atoms with van der Waals surface area (Å²) in [5, 5.41) is -0.191. The molecule has 3 aromatic rings. The Morgan fingerprint density at radius 3 is 2.23 bits per heavy atom. The van der Waals surface area contributed by atoms with Gasteiger partial charge in [-0.2, -0.15) is 0 Å². The molecule has 0 aromatic heterocycles. The summed E-state index contributed by atoms with van der Waals surface area (Å²) in [7, 11) is 1.46. The summed E-state index contributed by atoms with van der Waals surface area (Å²) in [5.41, 5.74) is 0.786. The first-order chi connectivity index (χ1) is 16.8. The minimum atomic E-state index is -0.604. The molecule has 2 amide bonds. The predicted octanol–water partition coefficient (Wildman–Crippen LogP) is 7.10. The van der Waals surface area contributed by atoms with Crippen LogP contribution in [0, 0.1) is 11.6 Å². The summed E-state index contributed by atoms with van der Waals surface area (Å²) >= 11 is 12.8. The molecule has 1 aliphatic heterocycles. The summed E-state index contributed by atoms with van der Waals surface area (Å²) in [6.45, 7) is -0.431. The van der Waals surface area contributed by atoms with E-state index in [1.807, 2.05) is 0 Å². The van der Waals surface area contributed by atoms with Crippen molar-refractivity contribution in [2.24, 2.45) is 0 Å². The first-order valence-corrected chi connectivity index (χ1v) is 11.8. The van der Waals surface area contributed by atoms with E-state index in [1.165, 1.54) is 43.5 Å². The molecule has 180 valence electrons. The average Bonchev–Trinajstić information content (AvgIpc) is 3.08. The van der Waals surface area contributed by atoms with Crippen LogP contribution in [-0.4, -0.2) is 23.2 Å². The molecule has 10 heteroatoms. The summed E-state index contributed by atoms with van der Waals surface area (Å²) in [6, 6.07) is 13.4. The van der Waals surface area contributed by atoms with Gasteiger partial charge in [-0.25, -0.2) is 8.78 Å². The highest BCUT2D eigenvalue weighted by Gasteiger charge is 2.36. The molecule has 5 nitrogen and oxygen atoms in total. The Hall–Kier alpha value is -3.07. The second-order valence-corrected chi connectivity index (χ2v) is 9.17. The first-order valence-electron chi connectivity index (χ1n) is 10.2. The van der Waals surface area contributed by atoms with Gasteiger partial charge in [0.15, 0.2) is 11.5 Å². The Labute approximate surface area is 214 Å². The molecule has 0 spiro atoms. The summed E-state index contributed by atoms with van der Waals surface area (Å²) < 4.78 is 39.3. The lowest BCUT2D eigenvalue weighted by Gasteiger charge is -2.14. The molecule has 1 fully saturated rings. The molecule has 0 bridgehead atoms. The average molecular weight is 536 g/mol. The number of rotatable bonds is 7. The second kappa shape index (κ2) is 10.7. The number of amides is 2. The van der Waals surface area contributed by atoms with Gasteiger partial charge in [-0.3, -0.25) is 14.5 Å². The topological polar surface area (TPSA) is 55.8 Å². The summed E-state index contributed by atoms with van der Waals surface area (Å²) in [6.07, 6.45) is 1.51. The monoisotopic (exact) mass is 535 g/mol. The van der Waals surface area contributed by atoms with Crippen LogP contribution < -0.4 is 9.47 Å². The molecule has 0 unspecified atom stereocenters. The largest absolute Gasteiger partial charge is 0.493 e. The Bertz CT molecular complexity index is 1310. The maximum absolute atomic E-state index is 14.2. The maximum atomic E-state index is 14.2. The van der Waals surface area contributed by atoms with Crippen LogP contribution in [0.1, 0.15) is 16.7 Å². The van der Waals surface area contributed by atoms with Crippen molar-refractivity contribution in [1.29, 1.82) is 0 Å². The minimum absolute atomic E-state index is 0.0599. The van der Waals surface area contributed by atoms with Gasteiger partial charge in [0.05, 0.1) is 23.6 Å². The number of ether oxygens (including phenoxy) is 2. The van der Waals surface area contributed by atoms with E-state index < -0.39 is 22.8 Å². The van der Waals surface area contributed by atoms with Crippen molar-refractivity contribution in [3.8, 4) is 11.5 Å². The second-order valence-electron chi connectivity index (χ2n) is 7.37. The molecular weight excluding hydrogens is 519 g/mol. The molecule has 0 aliphatic carbocycles. The third kappa shape index (κ3) is 5.45. The van der Waals surface area contributed by atoms with E-state index in [0.717, 1.165) is 16.7 Å². The molecule has 4 rings (SSSR count). The third-order valence-corrected chi connectivity index (χ3v) is 6.79. The number of carbonyl (C=O) groups is 2. The van der Waals surface area contributed by atoms with E-state index in [2.05, 4.69) is 0 Å². The Kier molecular flexibility index (Phi) is 7.64. The number of hydrogen-bond donors (Lipinski definition) is 0. The van der Waals surface area contributed by atoms with Gasteiger partial charge in [0.1, 0.15) is 18.2 Å². The lowest BCUT2D eigenvalue weighted by Crippen LogP contribution is -2.28. The van der Waals surface area contributed by atoms with Crippen LogP contribution in [0.3, 0.4) is 0 Å². The fourth-order valence-corrected chi connectivity index (χ4v) is 4.62. The van der Waals surface area contributed by atoms with E-state index in [1.54, 1.807) is 24.3 Å². The molecule has 0 atom stereocenters. The van der Waals surface area contributed by atoms with Crippen LogP contribution in [0.2, 0.25) is 10.0 Å². The number of benzene rings is 3. The number of halogens is 4. The fraction of sp³-hybridized carbons (Fsp3) is 0.120. The molecule has 1 heterocycles. The number of nitrogens with zero attached hydrogens (tertiary/aromatic N) is 1. The van der Waals surface area contributed by atoms with Gasteiger partial charge in [-0.1, -0.05) is 41.4 Å². The number of hydrogen-bond acceptors (Lipinski definition) is 5. The van der Waals surface area contributed by atoms with Crippen LogP contribution in [0.4, 0.5) is 13.6 Å². The van der Waals surface area contributed by atoms with Crippen LogP contribution >= 0.6 is 35.0 Å². The highest BCUT2D eigenvalue weighted by molar-refractivity contribution is 8.18. The van der Waals surface area contributed by atoms with Gasteiger partial charge in [0, 0.05) is 16.1 Å². The molecule has 0 N–H and O–H groups in total. The molecule has 1 saturated heterocycles. The Morgan fingerprint density at radius 1 is 0.943 bits per heavy atom. The quantitative estimate of drug-likeness (QED) is 0.302. The first kappa shape index (κ1) is 25.0. The Balaban J connectivity index is 1.56. The zero-order valence-corrected chi connectivity index (χ0v) is 20.5. The zero-order valence-electron chi connectivity index (χ0n) is 18.2. The lowest BCUT2D eigenvalue weighted by atomic mass is 10.1. The van der Waals surface area contributed by atoms with E-state index in [0.29, 0.717) is 11.3 Å². The van der Waals surface area contributed by atoms with Crippen molar-refractivity contribution in [3.05, 3.63) is 97.9 Å². The number of thioether (sulfide) groups is 1. The van der Waals surface area contributed by atoms with E-state index in [9.17, 15) is 18.4 Å². The van der Waals surface area contributed by atoms with Crippen molar-refractivity contribution in [2.75, 3.05) is 7.11 Å². The van der Waals surface area contributed by atoms with Crippen LogP contribution in [0.25, 0.3) is 6.08 Å². The highest BCUT2D eigenvalue weighted by atomic mass is 35.5. The molecule has 3 aromatic carbocycles. The number of imide groups is 1. The van der Waals surface area contributed by atoms with Crippen LogP contribution in [0.5, 0.6) is 11.5 Å². The number of carbonyl (C=O) groups excluding carboxylic acids is 2. The standard InChI is InChI=1S/C25H17Cl2F2NO4S/c1-33-21-9-8-14(10-22(21)34-13-16-18(27)5-3-7-20(16)29)11-23-24(31)30(25(32)35-23)12-15-17(26)4-2-6-19(15)28/h2-11H,12-13H2,1H3/b23-11+. The third-order valence-electron chi connectivity index (χ3n) is 5.17. The van der Waals surface area contributed by atoms with Gasteiger partial charge in [-0.15, -0.1) is 0 Å². The van der Waals surface area contributed by atoms with Crippen molar-refractivity contribution >= 4 is 52.2 Å². The Morgan fingerprint density at radius 2 is 1.60 bits per heavy atom. The van der Waals surface area contributed by atoms with Crippen molar-refractivity contribution < 1.29 is 27.8 Å². The smallest absolute Gasteiger partial charge is 0.293 e. The van der Waals surface area contributed by atoms with Gasteiger partial charge in [-0.05, 0) is 59.8 Å². The molecule has 0 radical (unpaired) electrons. The van der Waals surface area contributed by atoms with Gasteiger partial charge < -0.3 is 9.47 Å². The zero-order chi connectivity index (χ0) is 25.1. The van der Waals surface area contributed by atoms with E-state index in [4.69, 9.17) is 32.7 Å². The maximum Gasteiger partial charge on any atom is 0.293 e. The van der Waals surface area contributed by atoms with Crippen LogP contribution in [0.15, 0.2) is 59.5 Å². The molecule has 35 heavy (non-hydrogen) atoms. The van der Waals surface area contributed by atoms with E-state index in [-0.39, 0.29) is 45.0 Å². The predicted molar refractivity (Wildman–Crippen MR) is 132 cm³/mol. The van der Waals surface area contributed by atoms with Gasteiger partial charge in [0.25, 0.3) is 11.1 Å². The number of methoxy groups -OCH3 is 1. The van der Waals surface area contributed by atoms with Crippen molar-refractivity contribution in [1.82, 2.24) is 4.90 Å². The molecular formula is C25H17Cl2F2NO4S. The van der Waals surface area contributed by atoms with Crippen molar-refractivity contribution in [2.45, 2.75) is 13.2 Å². The summed E-state index contributed by atoms with van der Waals surface area (Å²) in [5.74, 6) is -1.01. The van der Waals surface area contributed by atoms with Crippen molar-refractivity contribution in [3.63, 3.8) is 0 Å². The van der Waals surface area contributed by atoms with Gasteiger partial charge in [0.2, 0.25) is 0 Å². The van der Waals surface area contributed by atoms with Crippen LogP contribution in [-0.2, 0) is 17.9 Å². The normalized spacial score (nSPS) is 14.7. The lowest BCUT2D eigenvalue weighted by molar-refractivity contribution is -0.123. The van der Waals surface area contributed by atoms with Gasteiger partial charge >= 0.3 is 0 Å². The van der Waals surface area contributed by atoms with E-state index >= 15 is 0 Å². The molecule has 1 aliphatic rings. The molecule has 0 saturated carbocycles. The SMILES string of the molecule is COc1ccc(/C=C2/SC(=O)N(Cc3c(F)cccc3Cl)C2=O)cc1OCc1c(F)cccc1Cl. The summed E-state index contributed by atoms with van der Waals surface area (Å²) in [4.78, 5) is 26.4. The highest BCUT2D eigenvalue weighted by Crippen LogP contribution is 2.36. The minimum Gasteiger partial charge on any atom is -0.493 e. The fourth-order valence-electron chi connectivity index (χ4n) is 3.35.